The van der Waals surface area contributed by atoms with Crippen molar-refractivity contribution in [3.63, 3.8) is 0 Å². The number of para-hydroxylation sites is 1. The fraction of sp³-hybridized carbons (Fsp3) is 0.150. The molecule has 0 radical (unpaired) electrons. The van der Waals surface area contributed by atoms with E-state index in [0.29, 0.717) is 28.5 Å². The second kappa shape index (κ2) is 6.35. The van der Waals surface area contributed by atoms with Crippen molar-refractivity contribution in [3.8, 4) is 5.69 Å². The Morgan fingerprint density at radius 1 is 1.19 bits per heavy atom. The van der Waals surface area contributed by atoms with Crippen molar-refractivity contribution in [1.82, 2.24) is 14.3 Å². The first-order chi connectivity index (χ1) is 13.1. The first-order valence-corrected chi connectivity index (χ1v) is 8.45. The summed E-state index contributed by atoms with van der Waals surface area (Å²) in [4.78, 5) is 25.7. The first kappa shape index (κ1) is 17.0. The molecular formula is C20H16FN3O3. The fourth-order valence-electron chi connectivity index (χ4n) is 3.40. The molecule has 27 heavy (non-hydrogen) atoms. The summed E-state index contributed by atoms with van der Waals surface area (Å²) in [6.07, 6.45) is 0. The maximum absolute atomic E-state index is 13.9. The monoisotopic (exact) mass is 365 g/mol. The molecule has 0 atom stereocenters. The molecule has 7 heteroatoms. The van der Waals surface area contributed by atoms with Crippen LogP contribution in [-0.2, 0) is 11.3 Å². The Balaban J connectivity index is 2.26. The average Bonchev–Trinajstić information content (AvgIpc) is 3.02. The lowest BCUT2D eigenvalue weighted by molar-refractivity contribution is 0.0594. The summed E-state index contributed by atoms with van der Waals surface area (Å²) in [7, 11) is 1.24. The van der Waals surface area contributed by atoms with Crippen LogP contribution in [-0.4, -0.2) is 27.4 Å². The first-order valence-electron chi connectivity index (χ1n) is 8.45. The van der Waals surface area contributed by atoms with E-state index in [1.807, 2.05) is 13.0 Å². The quantitative estimate of drug-likeness (QED) is 0.523. The van der Waals surface area contributed by atoms with Crippen molar-refractivity contribution in [2.24, 2.45) is 0 Å². The van der Waals surface area contributed by atoms with Gasteiger partial charge in [0.15, 0.2) is 5.69 Å². The Kier molecular flexibility index (Phi) is 3.99. The number of hydrogen-bond donors (Lipinski definition) is 0. The normalized spacial score (nSPS) is 11.2. The topological polar surface area (TPSA) is 66.1 Å². The van der Waals surface area contributed by atoms with Gasteiger partial charge in [-0.1, -0.05) is 18.2 Å². The average molecular weight is 365 g/mol. The molecule has 6 nitrogen and oxygen atoms in total. The van der Waals surface area contributed by atoms with Gasteiger partial charge in [0.2, 0.25) is 0 Å². The molecule has 136 valence electrons. The van der Waals surface area contributed by atoms with Gasteiger partial charge in [0.1, 0.15) is 11.3 Å². The summed E-state index contributed by atoms with van der Waals surface area (Å²) in [5.74, 6) is -1.15. The zero-order valence-corrected chi connectivity index (χ0v) is 14.8. The van der Waals surface area contributed by atoms with Gasteiger partial charge < -0.3 is 9.30 Å². The molecule has 0 aliphatic rings. The molecule has 0 N–H and O–H groups in total. The van der Waals surface area contributed by atoms with E-state index in [-0.39, 0.29) is 16.8 Å². The smallest absolute Gasteiger partial charge is 0.359 e. The minimum absolute atomic E-state index is 0.0289. The molecule has 0 unspecified atom stereocenters. The highest BCUT2D eigenvalue weighted by molar-refractivity contribution is 6.15. The van der Waals surface area contributed by atoms with Crippen molar-refractivity contribution in [1.29, 1.82) is 0 Å². The van der Waals surface area contributed by atoms with Crippen molar-refractivity contribution in [2.45, 2.75) is 13.5 Å². The maximum Gasteiger partial charge on any atom is 0.359 e. The molecule has 0 bridgehead atoms. The number of hydrogen-bond acceptors (Lipinski definition) is 4. The molecule has 2 aromatic heterocycles. The minimum atomic E-state index is -0.691. The van der Waals surface area contributed by atoms with Gasteiger partial charge in [0.25, 0.3) is 5.56 Å². The SMILES string of the molecule is CCn1c2ccc(F)cc2c2c(C(=O)OC)nn(-c3ccccc3)c(=O)c21. The van der Waals surface area contributed by atoms with Crippen molar-refractivity contribution < 1.29 is 13.9 Å². The largest absolute Gasteiger partial charge is 0.464 e. The van der Waals surface area contributed by atoms with Crippen LogP contribution >= 0.6 is 0 Å². The number of ether oxygens (including phenoxy) is 1. The molecule has 4 rings (SSSR count). The Hall–Kier alpha value is -3.48. The number of aromatic nitrogens is 3. The molecule has 2 heterocycles. The Morgan fingerprint density at radius 3 is 2.59 bits per heavy atom. The maximum atomic E-state index is 13.9. The summed E-state index contributed by atoms with van der Waals surface area (Å²) >= 11 is 0. The molecule has 0 aliphatic heterocycles. The molecular weight excluding hydrogens is 349 g/mol. The lowest BCUT2D eigenvalue weighted by Crippen LogP contribution is -2.26. The number of aryl methyl sites for hydroxylation is 1. The predicted octanol–water partition coefficient (Wildman–Crippen LogP) is 3.29. The third kappa shape index (κ3) is 2.51. The van der Waals surface area contributed by atoms with Crippen LogP contribution in [0.3, 0.4) is 0 Å². The molecule has 0 saturated carbocycles. The summed E-state index contributed by atoms with van der Waals surface area (Å²) in [5.41, 5.74) is 1.05. The zero-order chi connectivity index (χ0) is 19.1. The summed E-state index contributed by atoms with van der Waals surface area (Å²) in [6, 6.07) is 13.0. The lowest BCUT2D eigenvalue weighted by Gasteiger charge is -2.09. The summed E-state index contributed by atoms with van der Waals surface area (Å²) < 4.78 is 21.7. The van der Waals surface area contributed by atoms with Crippen LogP contribution in [0.25, 0.3) is 27.5 Å². The number of benzene rings is 2. The van der Waals surface area contributed by atoms with E-state index >= 15 is 0 Å². The van der Waals surface area contributed by atoms with Crippen LogP contribution in [0.15, 0.2) is 53.3 Å². The minimum Gasteiger partial charge on any atom is -0.464 e. The Labute approximate surface area is 153 Å². The second-order valence-electron chi connectivity index (χ2n) is 6.02. The third-order valence-electron chi connectivity index (χ3n) is 4.55. The van der Waals surface area contributed by atoms with Gasteiger partial charge in [-0.05, 0) is 37.3 Å². The van der Waals surface area contributed by atoms with Gasteiger partial charge in [-0.25, -0.2) is 9.18 Å². The van der Waals surface area contributed by atoms with Crippen LogP contribution in [0.5, 0.6) is 0 Å². The van der Waals surface area contributed by atoms with Gasteiger partial charge in [0.05, 0.1) is 12.8 Å². The van der Waals surface area contributed by atoms with Crippen molar-refractivity contribution in [3.05, 3.63) is 70.4 Å². The van der Waals surface area contributed by atoms with Crippen LogP contribution in [0.1, 0.15) is 17.4 Å². The van der Waals surface area contributed by atoms with E-state index in [9.17, 15) is 14.0 Å². The van der Waals surface area contributed by atoms with Gasteiger partial charge in [-0.2, -0.15) is 9.78 Å². The van der Waals surface area contributed by atoms with Crippen molar-refractivity contribution in [2.75, 3.05) is 7.11 Å². The standard InChI is InChI=1S/C20H16FN3O3/c1-3-23-15-10-9-12(21)11-14(15)16-17(20(26)27-2)22-24(19(25)18(16)23)13-7-5-4-6-8-13/h4-11H,3H2,1-2H3. The Bertz CT molecular complexity index is 1240. The molecule has 0 fully saturated rings. The number of carbonyl (C=O) groups is 1. The van der Waals surface area contributed by atoms with Crippen LogP contribution in [0.2, 0.25) is 0 Å². The number of carbonyl (C=O) groups excluding carboxylic acids is 1. The number of halogens is 1. The van der Waals surface area contributed by atoms with Gasteiger partial charge in [-0.15, -0.1) is 0 Å². The van der Waals surface area contributed by atoms with Gasteiger partial charge >= 0.3 is 5.97 Å². The summed E-state index contributed by atoms with van der Waals surface area (Å²) in [6.45, 7) is 2.35. The second-order valence-corrected chi connectivity index (χ2v) is 6.02. The lowest BCUT2D eigenvalue weighted by atomic mass is 10.1. The van der Waals surface area contributed by atoms with Crippen molar-refractivity contribution >= 4 is 27.8 Å². The van der Waals surface area contributed by atoms with E-state index in [1.54, 1.807) is 34.9 Å². The molecule has 0 aliphatic carbocycles. The van der Waals surface area contributed by atoms with Crippen LogP contribution in [0.4, 0.5) is 4.39 Å². The summed E-state index contributed by atoms with van der Waals surface area (Å²) in [5, 5.41) is 5.02. The highest BCUT2D eigenvalue weighted by atomic mass is 19.1. The highest BCUT2D eigenvalue weighted by Crippen LogP contribution is 2.30. The number of methoxy groups -OCH3 is 1. The van der Waals surface area contributed by atoms with E-state index in [1.165, 1.54) is 23.9 Å². The zero-order valence-electron chi connectivity index (χ0n) is 14.8. The molecule has 0 amide bonds. The third-order valence-corrected chi connectivity index (χ3v) is 4.55. The highest BCUT2D eigenvalue weighted by Gasteiger charge is 2.24. The molecule has 0 spiro atoms. The van der Waals surface area contributed by atoms with E-state index in [0.717, 1.165) is 0 Å². The molecule has 0 saturated heterocycles. The Morgan fingerprint density at radius 2 is 1.93 bits per heavy atom. The number of esters is 1. The van der Waals surface area contributed by atoms with Crippen LogP contribution in [0, 0.1) is 5.82 Å². The fourth-order valence-corrected chi connectivity index (χ4v) is 3.40. The number of rotatable bonds is 3. The predicted molar refractivity (Wildman–Crippen MR) is 99.8 cm³/mol. The van der Waals surface area contributed by atoms with E-state index in [4.69, 9.17) is 4.74 Å². The van der Waals surface area contributed by atoms with Gasteiger partial charge in [0, 0.05) is 22.8 Å². The van der Waals surface area contributed by atoms with Crippen LogP contribution < -0.4 is 5.56 Å². The molecule has 4 aromatic rings. The number of nitrogens with zero attached hydrogens (tertiary/aromatic N) is 3. The molecule has 2 aromatic carbocycles. The van der Waals surface area contributed by atoms with E-state index < -0.39 is 11.8 Å². The van der Waals surface area contributed by atoms with E-state index in [2.05, 4.69) is 5.10 Å². The number of fused-ring (bicyclic) bond motifs is 3. The van der Waals surface area contributed by atoms with Gasteiger partial charge in [-0.3, -0.25) is 4.79 Å².